The standard InChI is InChI=1S/C9H18N2O2/c1-7(10)9(12)11-4-2-8-3-5-13-6-8/h7-8H,2-6,10H2,1H3,(H,11,12)/t7-,8?/m1/s1. The van der Waals surface area contributed by atoms with Gasteiger partial charge in [-0.3, -0.25) is 4.79 Å². The number of hydrogen-bond donors (Lipinski definition) is 2. The van der Waals surface area contributed by atoms with Gasteiger partial charge in [0.25, 0.3) is 0 Å². The Balaban J connectivity index is 2.03. The smallest absolute Gasteiger partial charge is 0.236 e. The number of nitrogens with one attached hydrogen (secondary N) is 1. The van der Waals surface area contributed by atoms with Crippen LogP contribution >= 0.6 is 0 Å². The van der Waals surface area contributed by atoms with Crippen molar-refractivity contribution in [1.82, 2.24) is 5.32 Å². The van der Waals surface area contributed by atoms with Crippen LogP contribution < -0.4 is 11.1 Å². The van der Waals surface area contributed by atoms with E-state index in [4.69, 9.17) is 10.5 Å². The summed E-state index contributed by atoms with van der Waals surface area (Å²) < 4.78 is 5.22. The van der Waals surface area contributed by atoms with Crippen molar-refractivity contribution < 1.29 is 9.53 Å². The number of carbonyl (C=O) groups is 1. The number of nitrogens with two attached hydrogens (primary N) is 1. The molecule has 0 saturated carbocycles. The van der Waals surface area contributed by atoms with Crippen LogP contribution in [0.5, 0.6) is 0 Å². The fourth-order valence-corrected chi connectivity index (χ4v) is 1.37. The predicted molar refractivity (Wildman–Crippen MR) is 50.2 cm³/mol. The average Bonchev–Trinajstić information content (AvgIpc) is 2.56. The summed E-state index contributed by atoms with van der Waals surface area (Å²) in [6, 6.07) is -0.403. The summed E-state index contributed by atoms with van der Waals surface area (Å²) in [5.41, 5.74) is 5.39. The Labute approximate surface area is 78.8 Å². The highest BCUT2D eigenvalue weighted by Gasteiger charge is 2.15. The van der Waals surface area contributed by atoms with E-state index in [1.165, 1.54) is 0 Å². The van der Waals surface area contributed by atoms with Gasteiger partial charge in [-0.05, 0) is 25.7 Å². The number of carbonyl (C=O) groups excluding carboxylic acids is 1. The van der Waals surface area contributed by atoms with E-state index in [2.05, 4.69) is 5.32 Å². The van der Waals surface area contributed by atoms with Crippen LogP contribution in [0.3, 0.4) is 0 Å². The minimum absolute atomic E-state index is 0.0704. The maximum atomic E-state index is 11.0. The SMILES string of the molecule is C[C@@H](N)C(=O)NCCC1CCOC1. The average molecular weight is 186 g/mol. The van der Waals surface area contributed by atoms with Crippen LogP contribution in [0.1, 0.15) is 19.8 Å². The van der Waals surface area contributed by atoms with Crippen LogP contribution in [-0.2, 0) is 9.53 Å². The van der Waals surface area contributed by atoms with Crippen molar-refractivity contribution in [3.8, 4) is 0 Å². The fraction of sp³-hybridized carbons (Fsp3) is 0.889. The van der Waals surface area contributed by atoms with Crippen molar-refractivity contribution in [1.29, 1.82) is 0 Å². The first kappa shape index (κ1) is 10.5. The third-order valence-corrected chi connectivity index (χ3v) is 2.29. The maximum absolute atomic E-state index is 11.0. The zero-order valence-electron chi connectivity index (χ0n) is 8.08. The first-order valence-electron chi connectivity index (χ1n) is 4.81. The number of rotatable bonds is 4. The van der Waals surface area contributed by atoms with Crippen LogP contribution in [0, 0.1) is 5.92 Å². The molecule has 1 amide bonds. The Hall–Kier alpha value is -0.610. The van der Waals surface area contributed by atoms with E-state index in [1.54, 1.807) is 6.92 Å². The Morgan fingerprint density at radius 1 is 1.77 bits per heavy atom. The third kappa shape index (κ3) is 3.74. The minimum Gasteiger partial charge on any atom is -0.381 e. The lowest BCUT2D eigenvalue weighted by molar-refractivity contribution is -0.122. The van der Waals surface area contributed by atoms with Gasteiger partial charge in [-0.1, -0.05) is 0 Å². The molecule has 1 unspecified atom stereocenters. The zero-order valence-corrected chi connectivity index (χ0v) is 8.08. The molecule has 2 atom stereocenters. The summed E-state index contributed by atoms with van der Waals surface area (Å²) in [6.45, 7) is 4.11. The highest BCUT2D eigenvalue weighted by atomic mass is 16.5. The quantitative estimate of drug-likeness (QED) is 0.643. The first-order valence-corrected chi connectivity index (χ1v) is 4.81. The van der Waals surface area contributed by atoms with Crippen LogP contribution in [0.15, 0.2) is 0 Å². The van der Waals surface area contributed by atoms with E-state index in [0.29, 0.717) is 12.5 Å². The molecule has 0 spiro atoms. The molecule has 0 aromatic carbocycles. The summed E-state index contributed by atoms with van der Waals surface area (Å²) in [6.07, 6.45) is 2.12. The van der Waals surface area contributed by atoms with Crippen molar-refractivity contribution in [3.05, 3.63) is 0 Å². The van der Waals surface area contributed by atoms with Gasteiger partial charge in [0.15, 0.2) is 0 Å². The van der Waals surface area contributed by atoms with E-state index in [-0.39, 0.29) is 5.91 Å². The van der Waals surface area contributed by atoms with Gasteiger partial charge in [0.05, 0.1) is 6.04 Å². The van der Waals surface area contributed by atoms with E-state index in [9.17, 15) is 4.79 Å². The maximum Gasteiger partial charge on any atom is 0.236 e. The number of amides is 1. The zero-order chi connectivity index (χ0) is 9.68. The largest absolute Gasteiger partial charge is 0.381 e. The molecule has 0 aromatic rings. The highest BCUT2D eigenvalue weighted by molar-refractivity contribution is 5.80. The number of hydrogen-bond acceptors (Lipinski definition) is 3. The highest BCUT2D eigenvalue weighted by Crippen LogP contribution is 2.14. The van der Waals surface area contributed by atoms with Crippen molar-refractivity contribution in [2.75, 3.05) is 19.8 Å². The van der Waals surface area contributed by atoms with Gasteiger partial charge in [0.2, 0.25) is 5.91 Å². The number of ether oxygens (including phenoxy) is 1. The monoisotopic (exact) mass is 186 g/mol. The molecule has 3 N–H and O–H groups in total. The van der Waals surface area contributed by atoms with Gasteiger partial charge in [0.1, 0.15) is 0 Å². The van der Waals surface area contributed by atoms with Gasteiger partial charge < -0.3 is 15.8 Å². The summed E-state index contributed by atoms with van der Waals surface area (Å²) in [4.78, 5) is 11.0. The van der Waals surface area contributed by atoms with Gasteiger partial charge in [-0.25, -0.2) is 0 Å². The van der Waals surface area contributed by atoms with Gasteiger partial charge in [0, 0.05) is 19.8 Å². The predicted octanol–water partition coefficient (Wildman–Crippen LogP) is -0.124. The molecule has 0 radical (unpaired) electrons. The lowest BCUT2D eigenvalue weighted by Crippen LogP contribution is -2.39. The molecule has 1 aliphatic heterocycles. The molecular weight excluding hydrogens is 168 g/mol. The normalized spacial score (nSPS) is 24.3. The summed E-state index contributed by atoms with van der Waals surface area (Å²) in [5.74, 6) is 0.548. The summed E-state index contributed by atoms with van der Waals surface area (Å²) in [7, 11) is 0. The molecule has 0 aromatic heterocycles. The Morgan fingerprint density at radius 2 is 2.54 bits per heavy atom. The molecule has 1 heterocycles. The Kier molecular flexibility index (Phi) is 4.18. The molecule has 1 fully saturated rings. The summed E-state index contributed by atoms with van der Waals surface area (Å²) in [5, 5.41) is 2.79. The van der Waals surface area contributed by atoms with E-state index in [1.807, 2.05) is 0 Å². The second kappa shape index (κ2) is 5.19. The lowest BCUT2D eigenvalue weighted by atomic mass is 10.1. The van der Waals surface area contributed by atoms with E-state index >= 15 is 0 Å². The van der Waals surface area contributed by atoms with Crippen LogP contribution in [0.25, 0.3) is 0 Å². The molecule has 1 saturated heterocycles. The lowest BCUT2D eigenvalue weighted by Gasteiger charge is -2.10. The van der Waals surface area contributed by atoms with Gasteiger partial charge in [-0.2, -0.15) is 0 Å². The van der Waals surface area contributed by atoms with Gasteiger partial charge >= 0.3 is 0 Å². The molecular formula is C9H18N2O2. The molecule has 1 rings (SSSR count). The van der Waals surface area contributed by atoms with Crippen molar-refractivity contribution in [3.63, 3.8) is 0 Å². The minimum atomic E-state index is -0.403. The molecule has 1 aliphatic rings. The van der Waals surface area contributed by atoms with Crippen molar-refractivity contribution in [2.24, 2.45) is 11.7 Å². The fourth-order valence-electron chi connectivity index (χ4n) is 1.37. The van der Waals surface area contributed by atoms with E-state index < -0.39 is 6.04 Å². The van der Waals surface area contributed by atoms with Crippen molar-refractivity contribution in [2.45, 2.75) is 25.8 Å². The van der Waals surface area contributed by atoms with Gasteiger partial charge in [-0.15, -0.1) is 0 Å². The second-order valence-electron chi connectivity index (χ2n) is 3.60. The Morgan fingerprint density at radius 3 is 3.08 bits per heavy atom. The molecule has 76 valence electrons. The molecule has 4 heteroatoms. The molecule has 0 bridgehead atoms. The van der Waals surface area contributed by atoms with Crippen LogP contribution in [-0.4, -0.2) is 31.7 Å². The topological polar surface area (TPSA) is 64.4 Å². The second-order valence-corrected chi connectivity index (χ2v) is 3.60. The van der Waals surface area contributed by atoms with E-state index in [0.717, 1.165) is 26.1 Å². The molecule has 0 aliphatic carbocycles. The van der Waals surface area contributed by atoms with Crippen LogP contribution in [0.4, 0.5) is 0 Å². The van der Waals surface area contributed by atoms with Crippen molar-refractivity contribution >= 4 is 5.91 Å². The Bertz CT molecular complexity index is 165. The molecule has 13 heavy (non-hydrogen) atoms. The first-order chi connectivity index (χ1) is 6.20. The summed E-state index contributed by atoms with van der Waals surface area (Å²) >= 11 is 0. The third-order valence-electron chi connectivity index (χ3n) is 2.29. The van der Waals surface area contributed by atoms with Crippen LogP contribution in [0.2, 0.25) is 0 Å². The molecule has 4 nitrogen and oxygen atoms in total.